The number of aliphatic carboxylic acids is 1. The molecule has 0 atom stereocenters. The summed E-state index contributed by atoms with van der Waals surface area (Å²) in [6.45, 7) is 0. The third-order valence-electron chi connectivity index (χ3n) is 0.938. The number of rotatable bonds is 4. The third-order valence-corrected chi connectivity index (χ3v) is 1.88. The van der Waals surface area contributed by atoms with Gasteiger partial charge in [0.1, 0.15) is 9.84 Å². The lowest BCUT2D eigenvalue weighted by Gasteiger charge is -1.92. The minimum Gasteiger partial charge on any atom is -0.476 e. The predicted octanol–water partition coefficient (Wildman–Crippen LogP) is -0.925. The van der Waals surface area contributed by atoms with E-state index in [1.165, 1.54) is 0 Å². The van der Waals surface area contributed by atoms with Gasteiger partial charge < -0.3 is 5.11 Å². The van der Waals surface area contributed by atoms with Gasteiger partial charge in [-0.15, -0.1) is 0 Å². The van der Waals surface area contributed by atoms with Crippen LogP contribution < -0.4 is 0 Å². The predicted molar refractivity (Wildman–Crippen MR) is 37.0 cm³/mol. The molecule has 0 spiro atoms. The Morgan fingerprint density at radius 3 is 2.09 bits per heavy atom. The molecule has 0 aromatic heterocycles. The summed E-state index contributed by atoms with van der Waals surface area (Å²) in [4.78, 5) is 20.2. The molecule has 0 aromatic carbocycles. The van der Waals surface area contributed by atoms with Gasteiger partial charge in [0, 0.05) is 12.7 Å². The van der Waals surface area contributed by atoms with Crippen LogP contribution in [0.3, 0.4) is 0 Å². The van der Waals surface area contributed by atoms with E-state index in [9.17, 15) is 18.0 Å². The minimum atomic E-state index is -3.24. The van der Waals surface area contributed by atoms with E-state index in [1.807, 2.05) is 0 Å². The van der Waals surface area contributed by atoms with Crippen molar-refractivity contribution in [1.29, 1.82) is 0 Å². The molecule has 0 aliphatic rings. The Balaban J connectivity index is 3.92. The van der Waals surface area contributed by atoms with E-state index >= 15 is 0 Å². The summed E-state index contributed by atoms with van der Waals surface area (Å²) in [6.07, 6.45) is 0.496. The SMILES string of the molecule is CS(=O)(=O)CCC(=O)C(=O)O. The van der Waals surface area contributed by atoms with Gasteiger partial charge in [-0.2, -0.15) is 0 Å². The minimum absolute atomic E-state index is 0.405. The number of Topliss-reactive ketones (excluding diaryl/α,β-unsaturated/α-hetero) is 1. The molecule has 0 amide bonds. The van der Waals surface area contributed by atoms with Crippen LogP contribution in [0.4, 0.5) is 0 Å². The third kappa shape index (κ3) is 5.53. The lowest BCUT2D eigenvalue weighted by Crippen LogP contribution is -2.16. The normalized spacial score (nSPS) is 11.0. The smallest absolute Gasteiger partial charge is 0.372 e. The van der Waals surface area contributed by atoms with Crippen LogP contribution in [0.2, 0.25) is 0 Å². The number of carboxylic acids is 1. The van der Waals surface area contributed by atoms with Gasteiger partial charge >= 0.3 is 5.97 Å². The summed E-state index contributed by atoms with van der Waals surface area (Å²) in [5.41, 5.74) is 0. The van der Waals surface area contributed by atoms with Gasteiger partial charge in [-0.05, 0) is 0 Å². The number of hydrogen-bond acceptors (Lipinski definition) is 4. The highest BCUT2D eigenvalue weighted by Gasteiger charge is 2.13. The zero-order valence-corrected chi connectivity index (χ0v) is 6.72. The van der Waals surface area contributed by atoms with Gasteiger partial charge in [-0.3, -0.25) is 4.79 Å². The van der Waals surface area contributed by atoms with Crippen LogP contribution in [0.1, 0.15) is 6.42 Å². The molecule has 11 heavy (non-hydrogen) atoms. The molecule has 0 unspecified atom stereocenters. The summed E-state index contributed by atoms with van der Waals surface area (Å²) in [5.74, 6) is -3.07. The number of hydrogen-bond donors (Lipinski definition) is 1. The fraction of sp³-hybridized carbons (Fsp3) is 0.600. The average Bonchev–Trinajstić information content (AvgIpc) is 1.80. The summed E-state index contributed by atoms with van der Waals surface area (Å²) in [7, 11) is -3.24. The number of ketones is 1. The van der Waals surface area contributed by atoms with E-state index in [0.717, 1.165) is 6.26 Å². The van der Waals surface area contributed by atoms with Crippen molar-refractivity contribution in [2.24, 2.45) is 0 Å². The van der Waals surface area contributed by atoms with Crippen LogP contribution in [0, 0.1) is 0 Å². The second-order valence-electron chi connectivity index (χ2n) is 2.11. The molecule has 0 saturated heterocycles. The first-order valence-corrected chi connectivity index (χ1v) is 4.83. The van der Waals surface area contributed by atoms with Crippen LogP contribution in [-0.2, 0) is 19.4 Å². The van der Waals surface area contributed by atoms with Crippen molar-refractivity contribution in [1.82, 2.24) is 0 Å². The molecule has 0 radical (unpaired) electrons. The molecule has 5 nitrogen and oxygen atoms in total. The Labute approximate surface area is 63.9 Å². The monoisotopic (exact) mass is 180 g/mol. The number of carboxylic acid groups (broad SMARTS) is 1. The van der Waals surface area contributed by atoms with Gasteiger partial charge in [0.2, 0.25) is 5.78 Å². The van der Waals surface area contributed by atoms with E-state index in [1.54, 1.807) is 0 Å². The van der Waals surface area contributed by atoms with Crippen molar-refractivity contribution >= 4 is 21.6 Å². The van der Waals surface area contributed by atoms with E-state index in [4.69, 9.17) is 5.11 Å². The van der Waals surface area contributed by atoms with Gasteiger partial charge in [0.05, 0.1) is 5.75 Å². The quantitative estimate of drug-likeness (QED) is 0.565. The molecule has 0 saturated carbocycles. The number of sulfone groups is 1. The van der Waals surface area contributed by atoms with Gasteiger partial charge in [-0.25, -0.2) is 13.2 Å². The van der Waals surface area contributed by atoms with E-state index in [0.29, 0.717) is 0 Å². The average molecular weight is 180 g/mol. The molecule has 0 fully saturated rings. The first-order chi connectivity index (χ1) is 4.83. The molecular formula is C5H8O5S. The largest absolute Gasteiger partial charge is 0.476 e. The fourth-order valence-electron chi connectivity index (χ4n) is 0.385. The topological polar surface area (TPSA) is 88.5 Å². The molecule has 0 aromatic rings. The van der Waals surface area contributed by atoms with Crippen molar-refractivity contribution < 1.29 is 23.1 Å². The molecule has 0 rings (SSSR count). The molecule has 6 heteroatoms. The van der Waals surface area contributed by atoms with Crippen LogP contribution in [0.15, 0.2) is 0 Å². The maximum Gasteiger partial charge on any atom is 0.372 e. The Kier molecular flexibility index (Phi) is 3.18. The van der Waals surface area contributed by atoms with Crippen molar-refractivity contribution in [2.45, 2.75) is 6.42 Å². The number of carbonyl (C=O) groups excluding carboxylic acids is 1. The first-order valence-electron chi connectivity index (χ1n) is 2.77. The van der Waals surface area contributed by atoms with Gasteiger partial charge in [0.15, 0.2) is 0 Å². The maximum absolute atomic E-state index is 10.4. The maximum atomic E-state index is 10.4. The molecular weight excluding hydrogens is 172 g/mol. The lowest BCUT2D eigenvalue weighted by atomic mass is 10.3. The molecule has 0 aliphatic heterocycles. The summed E-state index contributed by atoms with van der Waals surface area (Å²) in [5, 5.41) is 8.03. The van der Waals surface area contributed by atoms with Gasteiger partial charge in [-0.1, -0.05) is 0 Å². The van der Waals surface area contributed by atoms with Crippen LogP contribution in [-0.4, -0.2) is 37.3 Å². The standard InChI is InChI=1S/C5H8O5S/c1-11(9,10)3-2-4(6)5(7)8/h2-3H2,1H3,(H,7,8). The lowest BCUT2D eigenvalue weighted by molar-refractivity contribution is -0.148. The summed E-state index contributed by atoms with van der Waals surface area (Å²) in [6, 6.07) is 0. The zero-order chi connectivity index (χ0) is 9.07. The zero-order valence-electron chi connectivity index (χ0n) is 5.90. The molecule has 0 bridgehead atoms. The van der Waals surface area contributed by atoms with Crippen molar-refractivity contribution in [3.05, 3.63) is 0 Å². The second-order valence-corrected chi connectivity index (χ2v) is 4.37. The Bertz CT molecular complexity index is 263. The highest BCUT2D eigenvalue weighted by atomic mass is 32.2. The second kappa shape index (κ2) is 3.47. The van der Waals surface area contributed by atoms with Crippen LogP contribution in [0.25, 0.3) is 0 Å². The van der Waals surface area contributed by atoms with Crippen molar-refractivity contribution in [3.8, 4) is 0 Å². The number of carbonyl (C=O) groups is 2. The summed E-state index contributed by atoms with van der Waals surface area (Å²) >= 11 is 0. The highest BCUT2D eigenvalue weighted by Crippen LogP contribution is 1.90. The summed E-state index contributed by atoms with van der Waals surface area (Å²) < 4.78 is 20.8. The molecule has 0 heterocycles. The Morgan fingerprint density at radius 1 is 1.36 bits per heavy atom. The fourth-order valence-corrected chi connectivity index (χ4v) is 0.941. The van der Waals surface area contributed by atoms with Gasteiger partial charge in [0.25, 0.3) is 0 Å². The first kappa shape index (κ1) is 10.1. The molecule has 64 valence electrons. The van der Waals surface area contributed by atoms with E-state index in [-0.39, 0.29) is 0 Å². The van der Waals surface area contributed by atoms with Crippen LogP contribution in [0.5, 0.6) is 0 Å². The van der Waals surface area contributed by atoms with E-state index < -0.39 is 33.8 Å². The van der Waals surface area contributed by atoms with Crippen molar-refractivity contribution in [2.75, 3.05) is 12.0 Å². The Morgan fingerprint density at radius 2 is 1.82 bits per heavy atom. The van der Waals surface area contributed by atoms with E-state index in [2.05, 4.69) is 0 Å². The highest BCUT2D eigenvalue weighted by molar-refractivity contribution is 7.90. The van der Waals surface area contributed by atoms with Crippen molar-refractivity contribution in [3.63, 3.8) is 0 Å². The molecule has 0 aliphatic carbocycles. The van der Waals surface area contributed by atoms with Crippen LogP contribution >= 0.6 is 0 Å². The Hall–Kier alpha value is -0.910. The molecule has 1 N–H and O–H groups in total.